The fourth-order valence-electron chi connectivity index (χ4n) is 10.6. The molecule has 0 N–H and O–H groups in total. The van der Waals surface area contributed by atoms with Crippen molar-refractivity contribution in [1.82, 2.24) is 15.0 Å². The highest BCUT2D eigenvalue weighted by Gasteiger charge is 2.30. The maximum atomic E-state index is 7.24. The van der Waals surface area contributed by atoms with Gasteiger partial charge in [0.1, 0.15) is 22.3 Å². The molecular weight excluding hydrogens is 795 g/mol. The lowest BCUT2D eigenvalue weighted by Gasteiger charge is -2.22. The van der Waals surface area contributed by atoms with Crippen LogP contribution in [-0.4, -0.2) is 15.0 Å². The van der Waals surface area contributed by atoms with E-state index in [1.165, 1.54) is 43.8 Å². The highest BCUT2D eigenvalue weighted by molar-refractivity contribution is 6.16. The number of rotatable bonds is 4. The largest absolute Gasteiger partial charge is 0.456 e. The second-order valence-corrected chi connectivity index (χ2v) is 17.4. The second kappa shape index (κ2) is 14.0. The van der Waals surface area contributed by atoms with Gasteiger partial charge in [-0.25, -0.2) is 15.0 Å². The van der Waals surface area contributed by atoms with Gasteiger partial charge in [0.05, 0.1) is 0 Å². The molecule has 0 saturated heterocycles. The average molecular weight is 832 g/mol. The molecule has 13 aromatic rings. The standard InChI is InChI=1S/C60H37N3O2/c1-2-14-37(15-3-1)58-61-59(41-25-26-46-45-20-10-11-21-53(45)64-54(46)34-41)63-60(62-58)42-32-51(57-52(33-42)49-29-23-36-13-7-9-19-44(36)56(49)65-57)48-28-24-40-30-38-16-4-5-17-39(38)31-50(40)47-27-22-35-12-6-8-18-43(35)55(47)48/h1-23,25-27,29-34,48H,24,28H2. The van der Waals surface area contributed by atoms with E-state index >= 15 is 0 Å². The molecule has 0 fully saturated rings. The van der Waals surface area contributed by atoms with Crippen LogP contribution in [0.15, 0.2) is 203 Å². The summed E-state index contributed by atoms with van der Waals surface area (Å²) in [5.74, 6) is 1.76. The Kier molecular flexibility index (Phi) is 7.80. The fourth-order valence-corrected chi connectivity index (χ4v) is 10.6. The van der Waals surface area contributed by atoms with Crippen LogP contribution >= 0.6 is 0 Å². The highest BCUT2D eigenvalue weighted by Crippen LogP contribution is 2.49. The van der Waals surface area contributed by atoms with E-state index in [2.05, 4.69) is 158 Å². The summed E-state index contributed by atoms with van der Waals surface area (Å²) in [6.07, 6.45) is 1.79. The van der Waals surface area contributed by atoms with Crippen molar-refractivity contribution in [3.8, 4) is 45.3 Å². The molecule has 0 aliphatic heterocycles. The number of aromatic nitrogens is 3. The van der Waals surface area contributed by atoms with Gasteiger partial charge in [-0.2, -0.15) is 0 Å². The zero-order chi connectivity index (χ0) is 42.6. The summed E-state index contributed by atoms with van der Waals surface area (Å²) in [5.41, 5.74) is 12.5. The first-order chi connectivity index (χ1) is 32.2. The maximum Gasteiger partial charge on any atom is 0.164 e. The normalized spacial score (nSPS) is 13.9. The van der Waals surface area contributed by atoms with Crippen LogP contribution < -0.4 is 0 Å². The molecule has 10 aromatic carbocycles. The van der Waals surface area contributed by atoms with E-state index in [9.17, 15) is 0 Å². The number of aryl methyl sites for hydroxylation is 1. The fraction of sp³-hybridized carbons (Fsp3) is 0.0500. The molecule has 3 aromatic heterocycles. The smallest absolute Gasteiger partial charge is 0.164 e. The number of para-hydroxylation sites is 1. The van der Waals surface area contributed by atoms with Crippen LogP contribution in [0.25, 0.3) is 121 Å². The van der Waals surface area contributed by atoms with Crippen molar-refractivity contribution in [2.45, 2.75) is 18.8 Å². The second-order valence-electron chi connectivity index (χ2n) is 17.4. The molecule has 1 atom stereocenters. The van der Waals surface area contributed by atoms with Crippen molar-refractivity contribution < 1.29 is 8.83 Å². The zero-order valence-corrected chi connectivity index (χ0v) is 35.1. The molecule has 3 heterocycles. The third-order valence-electron chi connectivity index (χ3n) is 13.7. The van der Waals surface area contributed by atoms with Gasteiger partial charge in [0.2, 0.25) is 0 Å². The van der Waals surface area contributed by atoms with Crippen molar-refractivity contribution in [3.63, 3.8) is 0 Å². The minimum Gasteiger partial charge on any atom is -0.456 e. The molecule has 65 heavy (non-hydrogen) atoms. The Bertz CT molecular complexity index is 4090. The maximum absolute atomic E-state index is 7.24. The molecule has 5 nitrogen and oxygen atoms in total. The van der Waals surface area contributed by atoms with E-state index in [0.717, 1.165) is 89.7 Å². The molecule has 0 saturated carbocycles. The lowest BCUT2D eigenvalue weighted by atomic mass is 9.81. The van der Waals surface area contributed by atoms with Crippen molar-refractivity contribution in [3.05, 3.63) is 211 Å². The van der Waals surface area contributed by atoms with E-state index in [1.54, 1.807) is 0 Å². The van der Waals surface area contributed by atoms with Crippen LogP contribution in [0.3, 0.4) is 0 Å². The van der Waals surface area contributed by atoms with E-state index in [4.69, 9.17) is 23.8 Å². The van der Waals surface area contributed by atoms with Gasteiger partial charge in [-0.15, -0.1) is 0 Å². The first kappa shape index (κ1) is 36.1. The van der Waals surface area contributed by atoms with Gasteiger partial charge >= 0.3 is 0 Å². The summed E-state index contributed by atoms with van der Waals surface area (Å²) in [5, 5.41) is 11.5. The molecule has 1 aliphatic rings. The predicted octanol–water partition coefficient (Wildman–Crippen LogP) is 15.9. The van der Waals surface area contributed by atoms with Gasteiger partial charge in [0.25, 0.3) is 0 Å². The summed E-state index contributed by atoms with van der Waals surface area (Å²) in [4.78, 5) is 15.8. The molecule has 5 heteroatoms. The molecular formula is C60H37N3O2. The van der Waals surface area contributed by atoms with Gasteiger partial charge < -0.3 is 8.83 Å². The number of nitrogens with zero attached hydrogens (tertiary/aromatic N) is 3. The highest BCUT2D eigenvalue weighted by atomic mass is 16.3. The van der Waals surface area contributed by atoms with Gasteiger partial charge in [-0.3, -0.25) is 0 Å². The van der Waals surface area contributed by atoms with Crippen LogP contribution in [0.2, 0.25) is 0 Å². The summed E-state index contributed by atoms with van der Waals surface area (Å²) in [6, 6.07) is 69.1. The first-order valence-electron chi connectivity index (χ1n) is 22.3. The first-order valence-corrected chi connectivity index (χ1v) is 22.3. The molecule has 0 bridgehead atoms. The van der Waals surface area contributed by atoms with Crippen molar-refractivity contribution >= 4 is 76.2 Å². The van der Waals surface area contributed by atoms with E-state index in [1.807, 2.05) is 36.4 Å². The van der Waals surface area contributed by atoms with Crippen LogP contribution in [-0.2, 0) is 6.42 Å². The molecule has 0 radical (unpaired) electrons. The Morgan fingerprint density at radius 1 is 0.369 bits per heavy atom. The Morgan fingerprint density at radius 2 is 1.00 bits per heavy atom. The zero-order valence-electron chi connectivity index (χ0n) is 35.1. The minimum atomic E-state index is -0.0220. The third kappa shape index (κ3) is 5.68. The van der Waals surface area contributed by atoms with E-state index in [0.29, 0.717) is 17.5 Å². The Labute approximate surface area is 373 Å². The number of benzene rings is 10. The Morgan fingerprint density at radius 3 is 1.83 bits per heavy atom. The summed E-state index contributed by atoms with van der Waals surface area (Å²) >= 11 is 0. The van der Waals surface area contributed by atoms with Gasteiger partial charge in [0, 0.05) is 55.1 Å². The van der Waals surface area contributed by atoms with Crippen LogP contribution in [0.4, 0.5) is 0 Å². The van der Waals surface area contributed by atoms with Crippen molar-refractivity contribution in [2.75, 3.05) is 0 Å². The Balaban J connectivity index is 1.05. The molecule has 0 spiro atoms. The van der Waals surface area contributed by atoms with Gasteiger partial charge in [0.15, 0.2) is 17.5 Å². The average Bonchev–Trinajstić information content (AvgIpc) is 3.90. The summed E-state index contributed by atoms with van der Waals surface area (Å²) < 4.78 is 13.6. The number of hydrogen-bond acceptors (Lipinski definition) is 5. The van der Waals surface area contributed by atoms with Crippen molar-refractivity contribution in [1.29, 1.82) is 0 Å². The van der Waals surface area contributed by atoms with E-state index < -0.39 is 0 Å². The molecule has 304 valence electrons. The molecule has 1 aliphatic carbocycles. The number of furan rings is 2. The van der Waals surface area contributed by atoms with Crippen LogP contribution in [0.1, 0.15) is 29.0 Å². The third-order valence-corrected chi connectivity index (χ3v) is 13.7. The number of fused-ring (bicyclic) bond motifs is 14. The van der Waals surface area contributed by atoms with Crippen LogP contribution in [0, 0.1) is 0 Å². The summed E-state index contributed by atoms with van der Waals surface area (Å²) in [6.45, 7) is 0. The molecule has 14 rings (SSSR count). The molecule has 1 unspecified atom stereocenters. The van der Waals surface area contributed by atoms with Crippen LogP contribution in [0.5, 0.6) is 0 Å². The van der Waals surface area contributed by atoms with Gasteiger partial charge in [-0.1, -0.05) is 152 Å². The van der Waals surface area contributed by atoms with Gasteiger partial charge in [-0.05, 0) is 104 Å². The molecule has 0 amide bonds. The Hall–Kier alpha value is -8.41. The lowest BCUT2D eigenvalue weighted by molar-refractivity contribution is 0.651. The minimum absolute atomic E-state index is 0.0220. The predicted molar refractivity (Wildman–Crippen MR) is 265 cm³/mol. The topological polar surface area (TPSA) is 65.0 Å². The monoisotopic (exact) mass is 831 g/mol. The number of hydrogen-bond donors (Lipinski definition) is 0. The summed E-state index contributed by atoms with van der Waals surface area (Å²) in [7, 11) is 0. The van der Waals surface area contributed by atoms with Crippen molar-refractivity contribution in [2.24, 2.45) is 0 Å². The van der Waals surface area contributed by atoms with E-state index in [-0.39, 0.29) is 5.92 Å². The lowest BCUT2D eigenvalue weighted by Crippen LogP contribution is -2.05. The SMILES string of the molecule is c1ccc(-c2nc(-c3ccc4c(c3)oc3ccccc34)nc(-c3cc(C4CCc5cc6ccccc6cc5-c5ccc6ccccc6c54)c4oc5c6ccccc6ccc5c4c3)n2)cc1. The quantitative estimate of drug-likeness (QED) is 0.177.